The van der Waals surface area contributed by atoms with Crippen LogP contribution in [0.4, 0.5) is 0 Å². The number of amides is 1. The van der Waals surface area contributed by atoms with Crippen molar-refractivity contribution in [2.75, 3.05) is 18.8 Å². The smallest absolute Gasteiger partial charge is 0.237 e. The van der Waals surface area contributed by atoms with E-state index in [0.29, 0.717) is 25.9 Å². The molecule has 1 aromatic rings. The number of aromatic nitrogens is 3. The van der Waals surface area contributed by atoms with E-state index >= 15 is 0 Å². The SMILES string of the molecule is O=C(CS(=O)(=O)C1CCCC1)N1CCC[C@@H](n2cncn2)C1. The Kier molecular flexibility index (Phi) is 4.46. The van der Waals surface area contributed by atoms with Gasteiger partial charge in [-0.05, 0) is 25.7 Å². The summed E-state index contributed by atoms with van der Waals surface area (Å²) < 4.78 is 26.4. The first-order valence-electron chi connectivity index (χ1n) is 7.90. The number of sulfone groups is 1. The number of nitrogens with zero attached hydrogens (tertiary/aromatic N) is 4. The van der Waals surface area contributed by atoms with Gasteiger partial charge in [-0.1, -0.05) is 12.8 Å². The second-order valence-electron chi connectivity index (χ2n) is 6.22. The molecule has 2 aliphatic rings. The molecule has 3 rings (SSSR count). The number of rotatable bonds is 4. The Labute approximate surface area is 130 Å². The summed E-state index contributed by atoms with van der Waals surface area (Å²) >= 11 is 0. The van der Waals surface area contributed by atoms with E-state index in [2.05, 4.69) is 10.1 Å². The number of carbonyl (C=O) groups is 1. The van der Waals surface area contributed by atoms with E-state index in [-0.39, 0.29) is 23.0 Å². The van der Waals surface area contributed by atoms with Gasteiger partial charge in [0.05, 0.1) is 11.3 Å². The molecule has 0 spiro atoms. The number of likely N-dealkylation sites (tertiary alicyclic amines) is 1. The van der Waals surface area contributed by atoms with Crippen molar-refractivity contribution in [3.8, 4) is 0 Å². The van der Waals surface area contributed by atoms with Gasteiger partial charge < -0.3 is 4.90 Å². The molecule has 1 amide bonds. The predicted molar refractivity (Wildman–Crippen MR) is 80.9 cm³/mol. The first kappa shape index (κ1) is 15.5. The molecule has 1 atom stereocenters. The van der Waals surface area contributed by atoms with Crippen LogP contribution >= 0.6 is 0 Å². The van der Waals surface area contributed by atoms with E-state index in [1.807, 2.05) is 0 Å². The van der Waals surface area contributed by atoms with Gasteiger partial charge in [0, 0.05) is 13.1 Å². The van der Waals surface area contributed by atoms with Gasteiger partial charge in [0.1, 0.15) is 18.4 Å². The topological polar surface area (TPSA) is 85.2 Å². The van der Waals surface area contributed by atoms with E-state index < -0.39 is 9.84 Å². The Bertz CT molecular complexity index is 608. The molecule has 22 heavy (non-hydrogen) atoms. The summed E-state index contributed by atoms with van der Waals surface area (Å²) in [5, 5.41) is 3.81. The third-order valence-electron chi connectivity index (χ3n) is 4.69. The number of piperidine rings is 1. The Morgan fingerprint density at radius 1 is 1.18 bits per heavy atom. The van der Waals surface area contributed by atoms with Gasteiger partial charge in [-0.25, -0.2) is 18.1 Å². The van der Waals surface area contributed by atoms with Crippen LogP contribution in [0.2, 0.25) is 0 Å². The van der Waals surface area contributed by atoms with Crippen molar-refractivity contribution in [3.63, 3.8) is 0 Å². The lowest BCUT2D eigenvalue weighted by molar-refractivity contribution is -0.130. The lowest BCUT2D eigenvalue weighted by atomic mass is 10.1. The van der Waals surface area contributed by atoms with Gasteiger partial charge in [-0.15, -0.1) is 0 Å². The zero-order valence-electron chi connectivity index (χ0n) is 12.6. The monoisotopic (exact) mass is 326 g/mol. The molecule has 0 bridgehead atoms. The van der Waals surface area contributed by atoms with Crippen LogP contribution in [0, 0.1) is 0 Å². The van der Waals surface area contributed by atoms with E-state index in [1.165, 1.54) is 6.33 Å². The molecular formula is C14H22N4O3S. The minimum Gasteiger partial charge on any atom is -0.340 e. The molecule has 1 aliphatic carbocycles. The molecule has 122 valence electrons. The van der Waals surface area contributed by atoms with Crippen molar-refractivity contribution in [2.24, 2.45) is 0 Å². The number of carbonyl (C=O) groups excluding carboxylic acids is 1. The van der Waals surface area contributed by atoms with Gasteiger partial charge in [0.2, 0.25) is 5.91 Å². The van der Waals surface area contributed by atoms with Crippen LogP contribution < -0.4 is 0 Å². The molecule has 0 aromatic carbocycles. The fourth-order valence-corrected chi connectivity index (χ4v) is 5.25. The number of hydrogen-bond donors (Lipinski definition) is 0. The summed E-state index contributed by atoms with van der Waals surface area (Å²) in [6.45, 7) is 1.15. The Balaban J connectivity index is 1.62. The van der Waals surface area contributed by atoms with Crippen LogP contribution in [-0.2, 0) is 14.6 Å². The highest BCUT2D eigenvalue weighted by atomic mass is 32.2. The van der Waals surface area contributed by atoms with Crippen molar-refractivity contribution < 1.29 is 13.2 Å². The van der Waals surface area contributed by atoms with Gasteiger partial charge in [-0.2, -0.15) is 5.10 Å². The van der Waals surface area contributed by atoms with Crippen LogP contribution in [-0.4, -0.2) is 58.1 Å². The summed E-state index contributed by atoms with van der Waals surface area (Å²) in [5.74, 6) is -0.612. The second kappa shape index (κ2) is 6.36. The van der Waals surface area contributed by atoms with Crippen molar-refractivity contribution in [1.29, 1.82) is 0 Å². The van der Waals surface area contributed by atoms with E-state index in [4.69, 9.17) is 0 Å². The zero-order chi connectivity index (χ0) is 15.6. The molecule has 2 fully saturated rings. The Hall–Kier alpha value is -1.44. The molecule has 1 saturated carbocycles. The number of hydrogen-bond acceptors (Lipinski definition) is 5. The van der Waals surface area contributed by atoms with Crippen LogP contribution in [0.1, 0.15) is 44.6 Å². The zero-order valence-corrected chi connectivity index (χ0v) is 13.4. The molecule has 1 saturated heterocycles. The third kappa shape index (κ3) is 3.31. The van der Waals surface area contributed by atoms with E-state index in [9.17, 15) is 13.2 Å². The molecule has 8 heteroatoms. The van der Waals surface area contributed by atoms with Crippen molar-refractivity contribution in [1.82, 2.24) is 19.7 Å². The molecule has 1 aliphatic heterocycles. The highest BCUT2D eigenvalue weighted by molar-refractivity contribution is 7.92. The minimum atomic E-state index is -3.31. The van der Waals surface area contributed by atoms with Gasteiger partial charge in [0.25, 0.3) is 0 Å². The summed E-state index contributed by atoms with van der Waals surface area (Å²) in [6.07, 6.45) is 8.24. The first-order valence-corrected chi connectivity index (χ1v) is 9.61. The lowest BCUT2D eigenvalue weighted by Crippen LogP contribution is -2.44. The van der Waals surface area contributed by atoms with E-state index in [0.717, 1.165) is 25.7 Å². The van der Waals surface area contributed by atoms with Crippen LogP contribution in [0.5, 0.6) is 0 Å². The lowest BCUT2D eigenvalue weighted by Gasteiger charge is -2.32. The maximum absolute atomic E-state index is 12.4. The average molecular weight is 326 g/mol. The van der Waals surface area contributed by atoms with E-state index in [1.54, 1.807) is 15.9 Å². The molecule has 7 nitrogen and oxygen atoms in total. The van der Waals surface area contributed by atoms with Crippen molar-refractivity contribution in [3.05, 3.63) is 12.7 Å². The fraction of sp³-hybridized carbons (Fsp3) is 0.786. The quantitative estimate of drug-likeness (QED) is 0.817. The summed E-state index contributed by atoms with van der Waals surface area (Å²) in [7, 11) is -3.31. The second-order valence-corrected chi connectivity index (χ2v) is 8.51. The standard InChI is InChI=1S/C14H22N4O3S/c19-14(9-22(20,21)13-5-1-2-6-13)17-7-3-4-12(8-17)18-11-15-10-16-18/h10-13H,1-9H2/t12-/m1/s1. The Morgan fingerprint density at radius 2 is 1.95 bits per heavy atom. The van der Waals surface area contributed by atoms with Crippen LogP contribution in [0.25, 0.3) is 0 Å². The third-order valence-corrected chi connectivity index (χ3v) is 6.83. The highest BCUT2D eigenvalue weighted by Gasteiger charge is 2.33. The van der Waals surface area contributed by atoms with Gasteiger partial charge in [-0.3, -0.25) is 4.79 Å². The summed E-state index contributed by atoms with van der Waals surface area (Å²) in [5.41, 5.74) is 0. The summed E-state index contributed by atoms with van der Waals surface area (Å²) in [4.78, 5) is 18.0. The van der Waals surface area contributed by atoms with Crippen molar-refractivity contribution in [2.45, 2.75) is 49.8 Å². The fourth-order valence-electron chi connectivity index (χ4n) is 3.43. The average Bonchev–Trinajstić information content (AvgIpc) is 3.20. The molecular weight excluding hydrogens is 304 g/mol. The molecule has 0 unspecified atom stereocenters. The van der Waals surface area contributed by atoms with Crippen LogP contribution in [0.3, 0.4) is 0 Å². The maximum atomic E-state index is 12.4. The normalized spacial score (nSPS) is 23.8. The van der Waals surface area contributed by atoms with Gasteiger partial charge >= 0.3 is 0 Å². The largest absolute Gasteiger partial charge is 0.340 e. The van der Waals surface area contributed by atoms with Crippen molar-refractivity contribution >= 4 is 15.7 Å². The van der Waals surface area contributed by atoms with Crippen LogP contribution in [0.15, 0.2) is 12.7 Å². The van der Waals surface area contributed by atoms with Gasteiger partial charge in [0.15, 0.2) is 9.84 Å². The first-order chi connectivity index (χ1) is 10.6. The Morgan fingerprint density at radius 3 is 2.64 bits per heavy atom. The summed E-state index contributed by atoms with van der Waals surface area (Å²) in [6, 6.07) is 0.0920. The molecule has 1 aromatic heterocycles. The highest BCUT2D eigenvalue weighted by Crippen LogP contribution is 2.26. The minimum absolute atomic E-state index is 0.0920. The predicted octanol–water partition coefficient (Wildman–Crippen LogP) is 0.799. The molecule has 2 heterocycles. The molecule has 0 radical (unpaired) electrons. The molecule has 0 N–H and O–H groups in total. The maximum Gasteiger partial charge on any atom is 0.237 e.